The summed E-state index contributed by atoms with van der Waals surface area (Å²) >= 11 is 0. The number of aryl methyl sites for hydroxylation is 1. The molecule has 1 unspecified atom stereocenters. The zero-order valence-electron chi connectivity index (χ0n) is 15.0. The van der Waals surface area contributed by atoms with Gasteiger partial charge in [0.15, 0.2) is 5.78 Å². The molecule has 25 heavy (non-hydrogen) atoms. The Kier molecular flexibility index (Phi) is 6.51. The molecule has 0 N–H and O–H groups in total. The summed E-state index contributed by atoms with van der Waals surface area (Å²) in [5.41, 5.74) is 1.62. The Morgan fingerprint density at radius 2 is 1.60 bits per heavy atom. The molecule has 0 aliphatic rings. The highest BCUT2D eigenvalue weighted by molar-refractivity contribution is 7.89. The van der Waals surface area contributed by atoms with Crippen molar-refractivity contribution in [1.82, 2.24) is 4.31 Å². The second kappa shape index (κ2) is 8.41. The van der Waals surface area contributed by atoms with E-state index in [1.54, 1.807) is 50.2 Å². The third-order valence-corrected chi connectivity index (χ3v) is 6.31. The molecule has 0 radical (unpaired) electrons. The summed E-state index contributed by atoms with van der Waals surface area (Å²) in [6.45, 7) is 5.71. The molecule has 0 amide bonds. The van der Waals surface area contributed by atoms with Crippen LogP contribution in [0.15, 0.2) is 59.5 Å². The van der Waals surface area contributed by atoms with Crippen molar-refractivity contribution in [2.24, 2.45) is 0 Å². The minimum absolute atomic E-state index is 0.200. The third kappa shape index (κ3) is 4.35. The van der Waals surface area contributed by atoms with E-state index in [-0.39, 0.29) is 17.2 Å². The molecule has 0 aliphatic carbocycles. The Balaban J connectivity index is 2.29. The van der Waals surface area contributed by atoms with Gasteiger partial charge in [-0.3, -0.25) is 4.79 Å². The van der Waals surface area contributed by atoms with Crippen LogP contribution in [0.1, 0.15) is 43.1 Å². The second-order valence-corrected chi connectivity index (χ2v) is 7.90. The largest absolute Gasteiger partial charge is 0.292 e. The predicted octanol–water partition coefficient (Wildman–Crippen LogP) is 3.92. The number of hydrogen-bond acceptors (Lipinski definition) is 3. The number of benzene rings is 2. The average Bonchev–Trinajstić information content (AvgIpc) is 2.63. The topological polar surface area (TPSA) is 54.5 Å². The summed E-state index contributed by atoms with van der Waals surface area (Å²) in [5, 5.41) is 0. The monoisotopic (exact) mass is 359 g/mol. The maximum atomic E-state index is 13.0. The van der Waals surface area contributed by atoms with Gasteiger partial charge < -0.3 is 0 Å². The minimum Gasteiger partial charge on any atom is -0.292 e. The predicted molar refractivity (Wildman–Crippen MR) is 100 cm³/mol. The molecule has 134 valence electrons. The molecule has 2 aromatic carbocycles. The van der Waals surface area contributed by atoms with Gasteiger partial charge in [-0.25, -0.2) is 8.42 Å². The molecule has 0 aromatic heterocycles. The summed E-state index contributed by atoms with van der Waals surface area (Å²) in [6, 6.07) is 15.0. The van der Waals surface area contributed by atoms with Crippen LogP contribution in [-0.4, -0.2) is 31.1 Å². The van der Waals surface area contributed by atoms with Gasteiger partial charge in [-0.15, -0.1) is 0 Å². The van der Waals surface area contributed by atoms with E-state index in [2.05, 4.69) is 6.92 Å². The van der Waals surface area contributed by atoms with Gasteiger partial charge in [-0.1, -0.05) is 62.7 Å². The molecular weight excluding hydrogens is 334 g/mol. The summed E-state index contributed by atoms with van der Waals surface area (Å²) in [4.78, 5) is 12.9. The van der Waals surface area contributed by atoms with Crippen molar-refractivity contribution >= 4 is 15.8 Å². The zero-order valence-corrected chi connectivity index (χ0v) is 15.8. The van der Waals surface area contributed by atoms with Crippen LogP contribution < -0.4 is 0 Å². The number of Topliss-reactive ketones (excluding diaryl/α,β-unsaturated/α-hetero) is 1. The van der Waals surface area contributed by atoms with E-state index in [0.717, 1.165) is 18.4 Å². The first-order valence-corrected chi connectivity index (χ1v) is 10.1. The molecule has 0 bridgehead atoms. The van der Waals surface area contributed by atoms with Crippen LogP contribution in [0.4, 0.5) is 0 Å². The highest BCUT2D eigenvalue weighted by atomic mass is 32.2. The summed E-state index contributed by atoms with van der Waals surface area (Å²) in [7, 11) is -3.72. The van der Waals surface area contributed by atoms with E-state index in [9.17, 15) is 13.2 Å². The van der Waals surface area contributed by atoms with Crippen LogP contribution in [0.3, 0.4) is 0 Å². The van der Waals surface area contributed by atoms with Crippen LogP contribution in [0.25, 0.3) is 0 Å². The number of hydrogen-bond donors (Lipinski definition) is 0. The normalized spacial score (nSPS) is 13.0. The molecule has 5 heteroatoms. The Hall–Kier alpha value is -1.98. The lowest BCUT2D eigenvalue weighted by Crippen LogP contribution is -2.43. The van der Waals surface area contributed by atoms with Crippen molar-refractivity contribution in [3.05, 3.63) is 65.7 Å². The number of nitrogens with zero attached hydrogens (tertiary/aromatic N) is 1. The van der Waals surface area contributed by atoms with E-state index in [0.29, 0.717) is 5.56 Å². The molecular formula is C20H25NO3S. The lowest BCUT2D eigenvalue weighted by molar-refractivity contribution is 0.0910. The third-order valence-electron chi connectivity index (χ3n) is 4.25. The van der Waals surface area contributed by atoms with Gasteiger partial charge in [-0.2, -0.15) is 4.31 Å². The molecule has 0 spiro atoms. The van der Waals surface area contributed by atoms with E-state index in [1.807, 2.05) is 18.2 Å². The fourth-order valence-electron chi connectivity index (χ4n) is 2.88. The smallest absolute Gasteiger partial charge is 0.243 e. The van der Waals surface area contributed by atoms with Crippen molar-refractivity contribution in [3.63, 3.8) is 0 Å². The van der Waals surface area contributed by atoms with Crippen LogP contribution in [0, 0.1) is 0 Å². The quantitative estimate of drug-likeness (QED) is 0.671. The molecule has 0 saturated carbocycles. The first-order chi connectivity index (χ1) is 11.9. The van der Waals surface area contributed by atoms with Crippen molar-refractivity contribution in [2.75, 3.05) is 6.54 Å². The SMILES string of the molecule is CCCc1ccc(S(=O)(=O)N(CC)C(C)C(=O)c2ccccc2)cc1. The summed E-state index contributed by atoms with van der Waals surface area (Å²) < 4.78 is 27.2. The van der Waals surface area contributed by atoms with Gasteiger partial charge in [0.05, 0.1) is 10.9 Å². The minimum atomic E-state index is -3.72. The van der Waals surface area contributed by atoms with E-state index in [1.165, 1.54) is 4.31 Å². The molecule has 0 aliphatic heterocycles. The highest BCUT2D eigenvalue weighted by Gasteiger charge is 2.32. The van der Waals surface area contributed by atoms with E-state index in [4.69, 9.17) is 0 Å². The maximum Gasteiger partial charge on any atom is 0.243 e. The number of sulfonamides is 1. The first kappa shape index (κ1) is 19.3. The van der Waals surface area contributed by atoms with Gasteiger partial charge in [0.1, 0.15) is 0 Å². The molecule has 2 aromatic rings. The standard InChI is InChI=1S/C20H25NO3S/c1-4-9-17-12-14-19(15-13-17)25(23,24)21(5-2)16(3)20(22)18-10-7-6-8-11-18/h6-8,10-16H,4-5,9H2,1-3H3. The van der Waals surface area contributed by atoms with Crippen LogP contribution in [-0.2, 0) is 16.4 Å². The van der Waals surface area contributed by atoms with Crippen molar-refractivity contribution < 1.29 is 13.2 Å². The highest BCUT2D eigenvalue weighted by Crippen LogP contribution is 2.21. The van der Waals surface area contributed by atoms with Crippen molar-refractivity contribution in [3.8, 4) is 0 Å². The molecule has 0 saturated heterocycles. The molecule has 0 heterocycles. The zero-order chi connectivity index (χ0) is 18.4. The van der Waals surface area contributed by atoms with Crippen LogP contribution >= 0.6 is 0 Å². The number of likely N-dealkylation sites (N-methyl/N-ethyl adjacent to an activating group) is 1. The van der Waals surface area contributed by atoms with Gasteiger partial charge in [0.25, 0.3) is 0 Å². The fraction of sp³-hybridized carbons (Fsp3) is 0.350. The molecule has 2 rings (SSSR count). The second-order valence-electron chi connectivity index (χ2n) is 6.01. The van der Waals surface area contributed by atoms with Crippen LogP contribution in [0.5, 0.6) is 0 Å². The van der Waals surface area contributed by atoms with E-state index < -0.39 is 16.1 Å². The maximum absolute atomic E-state index is 13.0. The first-order valence-electron chi connectivity index (χ1n) is 8.61. The van der Waals surface area contributed by atoms with E-state index >= 15 is 0 Å². The lowest BCUT2D eigenvalue weighted by atomic mass is 10.1. The number of ketones is 1. The van der Waals surface area contributed by atoms with Crippen LogP contribution in [0.2, 0.25) is 0 Å². The Morgan fingerprint density at radius 3 is 2.12 bits per heavy atom. The number of carbonyl (C=O) groups excluding carboxylic acids is 1. The van der Waals surface area contributed by atoms with Gasteiger partial charge in [0, 0.05) is 12.1 Å². The Morgan fingerprint density at radius 1 is 1.00 bits per heavy atom. The Bertz CT molecular complexity index is 799. The number of rotatable bonds is 8. The van der Waals surface area contributed by atoms with Crippen molar-refractivity contribution in [2.45, 2.75) is 44.6 Å². The molecule has 0 fully saturated rings. The molecule has 4 nitrogen and oxygen atoms in total. The van der Waals surface area contributed by atoms with Gasteiger partial charge in [-0.05, 0) is 31.0 Å². The van der Waals surface area contributed by atoms with Gasteiger partial charge in [0.2, 0.25) is 10.0 Å². The molecule has 1 atom stereocenters. The average molecular weight is 359 g/mol. The lowest BCUT2D eigenvalue weighted by Gasteiger charge is -2.26. The number of carbonyl (C=O) groups is 1. The summed E-state index contributed by atoms with van der Waals surface area (Å²) in [5.74, 6) is -0.200. The fourth-order valence-corrected chi connectivity index (χ4v) is 4.48. The Labute approximate surface area is 150 Å². The summed E-state index contributed by atoms with van der Waals surface area (Å²) in [6.07, 6.45) is 1.93. The van der Waals surface area contributed by atoms with Gasteiger partial charge >= 0.3 is 0 Å². The van der Waals surface area contributed by atoms with Crippen molar-refractivity contribution in [1.29, 1.82) is 0 Å².